The van der Waals surface area contributed by atoms with Crippen molar-refractivity contribution < 1.29 is 19.1 Å². The van der Waals surface area contributed by atoms with Gasteiger partial charge in [-0.3, -0.25) is 9.59 Å². The molecular weight excluding hydrogens is 498 g/mol. The summed E-state index contributed by atoms with van der Waals surface area (Å²) in [7, 11) is 0. The van der Waals surface area contributed by atoms with Crippen molar-refractivity contribution in [1.29, 1.82) is 0 Å². The van der Waals surface area contributed by atoms with Crippen LogP contribution in [0.5, 0.6) is 0 Å². The van der Waals surface area contributed by atoms with Gasteiger partial charge in [0.15, 0.2) is 0 Å². The SMILES string of the molecule is CSCCC(NC(=O)OC(C)(C)C)C(=O)N(C(C(=O)NC1CCCCC1)c1cccc(C)c1C)C1CC1C. The van der Waals surface area contributed by atoms with E-state index in [-0.39, 0.29) is 29.8 Å². The first kappa shape index (κ1) is 30.3. The highest BCUT2D eigenvalue weighted by Gasteiger charge is 2.48. The van der Waals surface area contributed by atoms with E-state index in [1.54, 1.807) is 37.4 Å². The molecule has 2 aliphatic carbocycles. The van der Waals surface area contributed by atoms with Crippen molar-refractivity contribution in [2.24, 2.45) is 5.92 Å². The normalized spacial score (nSPS) is 21.2. The molecule has 0 aliphatic heterocycles. The Morgan fingerprint density at radius 1 is 1.13 bits per heavy atom. The zero-order valence-corrected chi connectivity index (χ0v) is 25.1. The summed E-state index contributed by atoms with van der Waals surface area (Å²) in [6.07, 6.45) is 8.01. The Labute approximate surface area is 233 Å². The third-order valence-electron chi connectivity index (χ3n) is 7.70. The first-order valence-electron chi connectivity index (χ1n) is 14.1. The Hall–Kier alpha value is -2.22. The number of ether oxygens (including phenoxy) is 1. The Morgan fingerprint density at radius 3 is 2.37 bits per heavy atom. The number of alkyl carbamates (subject to hydrolysis) is 1. The van der Waals surface area contributed by atoms with Gasteiger partial charge in [0.1, 0.15) is 17.7 Å². The predicted octanol–water partition coefficient (Wildman–Crippen LogP) is 5.68. The van der Waals surface area contributed by atoms with Crippen LogP contribution in [0.2, 0.25) is 0 Å². The van der Waals surface area contributed by atoms with Gasteiger partial charge in [-0.1, -0.05) is 44.4 Å². The standard InChI is InChI=1S/C30H47N3O4S/c1-19-12-11-15-23(21(19)3)26(27(34)31-22-13-9-8-10-14-22)33(25-18-20(25)2)28(35)24(16-17-38-7)32-29(36)37-30(4,5)6/h11-12,15,20,22,24-26H,8-10,13-14,16-18H2,1-7H3,(H,31,34)(H,32,36). The molecule has 0 aromatic heterocycles. The van der Waals surface area contributed by atoms with E-state index in [4.69, 9.17) is 4.74 Å². The van der Waals surface area contributed by atoms with Gasteiger partial charge in [0.25, 0.3) is 0 Å². The maximum Gasteiger partial charge on any atom is 0.408 e. The van der Waals surface area contributed by atoms with Crippen LogP contribution in [0.1, 0.15) is 95.4 Å². The zero-order valence-electron chi connectivity index (χ0n) is 24.3. The molecule has 4 atom stereocenters. The number of rotatable bonds is 10. The molecule has 1 aromatic carbocycles. The Bertz CT molecular complexity index is 986. The number of thioether (sulfide) groups is 1. The van der Waals surface area contributed by atoms with E-state index < -0.39 is 23.8 Å². The van der Waals surface area contributed by atoms with E-state index in [0.29, 0.717) is 12.2 Å². The summed E-state index contributed by atoms with van der Waals surface area (Å²) < 4.78 is 5.50. The molecule has 3 amide bonds. The second kappa shape index (κ2) is 13.2. The first-order chi connectivity index (χ1) is 17.9. The molecule has 0 radical (unpaired) electrons. The lowest BCUT2D eigenvalue weighted by Gasteiger charge is -2.37. The minimum atomic E-state index is -0.778. The van der Waals surface area contributed by atoms with Crippen LogP contribution in [0.25, 0.3) is 0 Å². The van der Waals surface area contributed by atoms with E-state index >= 15 is 0 Å². The molecule has 4 unspecified atom stereocenters. The maximum atomic E-state index is 14.4. The van der Waals surface area contributed by atoms with Gasteiger partial charge in [-0.15, -0.1) is 0 Å². The van der Waals surface area contributed by atoms with E-state index in [1.807, 2.05) is 38.3 Å². The molecule has 2 N–H and O–H groups in total. The fraction of sp³-hybridized carbons (Fsp3) is 0.700. The average molecular weight is 546 g/mol. The predicted molar refractivity (Wildman–Crippen MR) is 154 cm³/mol. The first-order valence-corrected chi connectivity index (χ1v) is 15.5. The van der Waals surface area contributed by atoms with Crippen molar-refractivity contribution in [1.82, 2.24) is 15.5 Å². The topological polar surface area (TPSA) is 87.7 Å². The molecule has 0 bridgehead atoms. The number of amides is 3. The van der Waals surface area contributed by atoms with Crippen molar-refractivity contribution in [3.8, 4) is 0 Å². The van der Waals surface area contributed by atoms with Crippen LogP contribution in [0.3, 0.4) is 0 Å². The number of hydrogen-bond acceptors (Lipinski definition) is 5. The van der Waals surface area contributed by atoms with Crippen LogP contribution in [0, 0.1) is 19.8 Å². The fourth-order valence-corrected chi connectivity index (χ4v) is 5.78. The number of nitrogens with zero attached hydrogens (tertiary/aromatic N) is 1. The number of hydrogen-bond donors (Lipinski definition) is 2. The largest absolute Gasteiger partial charge is 0.444 e. The summed E-state index contributed by atoms with van der Waals surface area (Å²) in [5.41, 5.74) is 2.28. The Kier molecular flexibility index (Phi) is 10.6. The summed E-state index contributed by atoms with van der Waals surface area (Å²) in [5.74, 6) is 0.641. The van der Waals surface area contributed by atoms with Gasteiger partial charge in [0.05, 0.1) is 0 Å². The third kappa shape index (κ3) is 8.14. The van der Waals surface area contributed by atoms with Gasteiger partial charge in [-0.05, 0) is 94.9 Å². The number of benzene rings is 1. The molecule has 2 fully saturated rings. The molecule has 3 rings (SSSR count). The number of carbonyl (C=O) groups is 3. The van der Waals surface area contributed by atoms with Crippen molar-refractivity contribution in [3.63, 3.8) is 0 Å². The highest BCUT2D eigenvalue weighted by molar-refractivity contribution is 7.98. The fourth-order valence-electron chi connectivity index (χ4n) is 5.31. The van der Waals surface area contributed by atoms with Crippen LogP contribution in [0.4, 0.5) is 4.79 Å². The summed E-state index contributed by atoms with van der Waals surface area (Å²) >= 11 is 1.62. The summed E-state index contributed by atoms with van der Waals surface area (Å²) in [5, 5.41) is 6.14. The van der Waals surface area contributed by atoms with E-state index in [2.05, 4.69) is 17.6 Å². The third-order valence-corrected chi connectivity index (χ3v) is 8.34. The molecule has 0 spiro atoms. The second-order valence-electron chi connectivity index (χ2n) is 12.0. The average Bonchev–Trinajstić information content (AvgIpc) is 3.56. The summed E-state index contributed by atoms with van der Waals surface area (Å²) in [4.78, 5) is 43.0. The lowest BCUT2D eigenvalue weighted by molar-refractivity contribution is -0.143. The van der Waals surface area contributed by atoms with Crippen LogP contribution in [-0.4, -0.2) is 58.5 Å². The van der Waals surface area contributed by atoms with Crippen molar-refractivity contribution in [3.05, 3.63) is 34.9 Å². The molecule has 8 heteroatoms. The molecule has 1 aromatic rings. The molecule has 2 saturated carbocycles. The summed E-state index contributed by atoms with van der Waals surface area (Å²) in [6.45, 7) is 11.6. The highest BCUT2D eigenvalue weighted by Crippen LogP contribution is 2.42. The summed E-state index contributed by atoms with van der Waals surface area (Å²) in [6, 6.07) is 4.51. The lowest BCUT2D eigenvalue weighted by Crippen LogP contribution is -2.55. The minimum Gasteiger partial charge on any atom is -0.444 e. The van der Waals surface area contributed by atoms with E-state index in [1.165, 1.54) is 6.42 Å². The van der Waals surface area contributed by atoms with Crippen molar-refractivity contribution >= 4 is 29.7 Å². The lowest BCUT2D eigenvalue weighted by atomic mass is 9.92. The molecule has 0 saturated heterocycles. The Balaban J connectivity index is 1.99. The van der Waals surface area contributed by atoms with Crippen LogP contribution < -0.4 is 10.6 Å². The van der Waals surface area contributed by atoms with Crippen LogP contribution in [0.15, 0.2) is 18.2 Å². The van der Waals surface area contributed by atoms with Gasteiger partial charge in [-0.25, -0.2) is 4.79 Å². The molecule has 7 nitrogen and oxygen atoms in total. The monoisotopic (exact) mass is 545 g/mol. The molecule has 2 aliphatic rings. The van der Waals surface area contributed by atoms with Gasteiger partial charge in [-0.2, -0.15) is 11.8 Å². The van der Waals surface area contributed by atoms with Crippen LogP contribution in [-0.2, 0) is 14.3 Å². The molecular formula is C30H47N3O4S. The molecule has 38 heavy (non-hydrogen) atoms. The second-order valence-corrected chi connectivity index (χ2v) is 13.0. The molecule has 0 heterocycles. The number of nitrogens with one attached hydrogen (secondary N) is 2. The van der Waals surface area contributed by atoms with Gasteiger partial charge >= 0.3 is 6.09 Å². The van der Waals surface area contributed by atoms with Gasteiger partial charge in [0.2, 0.25) is 11.8 Å². The van der Waals surface area contributed by atoms with Gasteiger partial charge in [0, 0.05) is 12.1 Å². The number of aryl methyl sites for hydroxylation is 1. The minimum absolute atomic E-state index is 0.0539. The van der Waals surface area contributed by atoms with Crippen molar-refractivity contribution in [2.45, 2.75) is 116 Å². The molecule has 212 valence electrons. The van der Waals surface area contributed by atoms with Crippen molar-refractivity contribution in [2.75, 3.05) is 12.0 Å². The Morgan fingerprint density at radius 2 is 1.79 bits per heavy atom. The highest BCUT2D eigenvalue weighted by atomic mass is 32.2. The van der Waals surface area contributed by atoms with E-state index in [9.17, 15) is 14.4 Å². The smallest absolute Gasteiger partial charge is 0.408 e. The van der Waals surface area contributed by atoms with Gasteiger partial charge < -0.3 is 20.3 Å². The zero-order chi connectivity index (χ0) is 28.0. The quantitative estimate of drug-likeness (QED) is 0.395. The van der Waals surface area contributed by atoms with Crippen LogP contribution >= 0.6 is 11.8 Å². The van der Waals surface area contributed by atoms with E-state index in [0.717, 1.165) is 48.8 Å². The maximum absolute atomic E-state index is 14.4. The number of carbonyl (C=O) groups excluding carboxylic acids is 3.